The number of nitrogens with zero attached hydrogens (tertiary/aromatic N) is 2. The van der Waals surface area contributed by atoms with Crippen LogP contribution in [0.4, 0.5) is 0 Å². The van der Waals surface area contributed by atoms with Crippen LogP contribution < -0.4 is 4.80 Å². The van der Waals surface area contributed by atoms with E-state index in [0.29, 0.717) is 20.9 Å². The van der Waals surface area contributed by atoms with E-state index in [1.165, 1.54) is 15.9 Å². The number of aromatic nitrogens is 1. The van der Waals surface area contributed by atoms with Gasteiger partial charge in [-0.25, -0.2) is 0 Å². The number of carbonyl (C=O) groups is 2. The molecule has 0 bridgehead atoms. The van der Waals surface area contributed by atoms with Crippen LogP contribution in [-0.4, -0.2) is 21.6 Å². The Bertz CT molecular complexity index is 1000. The second kappa shape index (κ2) is 6.59. The number of aryl methyl sites for hydroxylation is 1. The van der Waals surface area contributed by atoms with Crippen molar-refractivity contribution in [3.8, 4) is 0 Å². The minimum atomic E-state index is -1.01. The molecule has 122 valence electrons. The van der Waals surface area contributed by atoms with Gasteiger partial charge in [0, 0.05) is 10.6 Å². The molecule has 0 aliphatic carbocycles. The normalized spacial score (nSPS) is 11.8. The number of hydrogen-bond donors (Lipinski definition) is 1. The van der Waals surface area contributed by atoms with Gasteiger partial charge in [0.15, 0.2) is 4.80 Å². The standard InChI is InChI=1S/C17H13ClN2O3S/c1-10-2-4-11(5-3-10)16(23)19-17-20(9-15(21)22)13-7-6-12(18)8-14(13)24-17/h2-8H,9H2,1H3,(H,21,22)/b19-17-. The van der Waals surface area contributed by atoms with Crippen LogP contribution in [0.1, 0.15) is 15.9 Å². The van der Waals surface area contributed by atoms with Crippen LogP contribution >= 0.6 is 22.9 Å². The zero-order valence-corrected chi connectivity index (χ0v) is 14.3. The Kier molecular flexibility index (Phi) is 4.51. The molecule has 0 aliphatic rings. The van der Waals surface area contributed by atoms with Gasteiger partial charge in [0.1, 0.15) is 6.54 Å². The van der Waals surface area contributed by atoms with Crippen LogP contribution in [0.2, 0.25) is 5.02 Å². The third kappa shape index (κ3) is 3.39. The molecule has 3 aromatic rings. The molecular weight excluding hydrogens is 348 g/mol. The number of benzene rings is 2. The number of fused-ring (bicyclic) bond motifs is 1. The Morgan fingerprint density at radius 1 is 1.21 bits per heavy atom. The highest BCUT2D eigenvalue weighted by molar-refractivity contribution is 7.16. The summed E-state index contributed by atoms with van der Waals surface area (Å²) in [4.78, 5) is 28.0. The third-order valence-electron chi connectivity index (χ3n) is 3.43. The molecule has 0 spiro atoms. The van der Waals surface area contributed by atoms with Crippen LogP contribution in [0.15, 0.2) is 47.5 Å². The molecule has 0 aliphatic heterocycles. The van der Waals surface area contributed by atoms with E-state index in [9.17, 15) is 9.59 Å². The number of thiazole rings is 1. The summed E-state index contributed by atoms with van der Waals surface area (Å²) >= 11 is 7.22. The Labute approximate surface area is 146 Å². The van der Waals surface area contributed by atoms with Gasteiger partial charge in [-0.1, -0.05) is 40.6 Å². The fourth-order valence-electron chi connectivity index (χ4n) is 2.27. The van der Waals surface area contributed by atoms with Crippen molar-refractivity contribution in [2.24, 2.45) is 4.99 Å². The van der Waals surface area contributed by atoms with Crippen molar-refractivity contribution in [2.75, 3.05) is 0 Å². The molecule has 1 amide bonds. The highest BCUT2D eigenvalue weighted by Crippen LogP contribution is 2.22. The lowest BCUT2D eigenvalue weighted by molar-refractivity contribution is -0.137. The minimum Gasteiger partial charge on any atom is -0.480 e. The monoisotopic (exact) mass is 360 g/mol. The van der Waals surface area contributed by atoms with Gasteiger partial charge in [0.2, 0.25) is 0 Å². The van der Waals surface area contributed by atoms with Gasteiger partial charge in [-0.15, -0.1) is 0 Å². The lowest BCUT2D eigenvalue weighted by Crippen LogP contribution is -2.21. The van der Waals surface area contributed by atoms with Gasteiger partial charge in [-0.2, -0.15) is 4.99 Å². The molecule has 2 aromatic carbocycles. The average Bonchev–Trinajstić information content (AvgIpc) is 2.84. The van der Waals surface area contributed by atoms with E-state index in [1.54, 1.807) is 30.3 Å². The van der Waals surface area contributed by atoms with Crippen LogP contribution in [0.25, 0.3) is 10.2 Å². The van der Waals surface area contributed by atoms with Crippen molar-refractivity contribution >= 4 is 45.0 Å². The van der Waals surface area contributed by atoms with Crippen LogP contribution in [0.5, 0.6) is 0 Å². The second-order valence-corrected chi connectivity index (χ2v) is 6.71. The summed E-state index contributed by atoms with van der Waals surface area (Å²) in [5, 5.41) is 9.68. The number of carbonyl (C=O) groups excluding carboxylic acids is 1. The first-order chi connectivity index (χ1) is 11.4. The van der Waals surface area contributed by atoms with Gasteiger partial charge >= 0.3 is 5.97 Å². The zero-order chi connectivity index (χ0) is 17.3. The van der Waals surface area contributed by atoms with Crippen molar-refractivity contribution < 1.29 is 14.7 Å². The molecule has 0 saturated heterocycles. The number of carboxylic acid groups (broad SMARTS) is 1. The number of carboxylic acids is 1. The second-order valence-electron chi connectivity index (χ2n) is 5.26. The molecule has 24 heavy (non-hydrogen) atoms. The van der Waals surface area contributed by atoms with E-state index >= 15 is 0 Å². The number of hydrogen-bond acceptors (Lipinski definition) is 3. The Morgan fingerprint density at radius 2 is 1.92 bits per heavy atom. The zero-order valence-electron chi connectivity index (χ0n) is 12.7. The predicted molar refractivity (Wildman–Crippen MR) is 93.5 cm³/mol. The topological polar surface area (TPSA) is 71.7 Å². The fourth-order valence-corrected chi connectivity index (χ4v) is 3.57. The summed E-state index contributed by atoms with van der Waals surface area (Å²) in [6.45, 7) is 1.66. The van der Waals surface area contributed by atoms with Crippen molar-refractivity contribution in [3.63, 3.8) is 0 Å². The summed E-state index contributed by atoms with van der Waals surface area (Å²) in [6.07, 6.45) is 0. The number of rotatable bonds is 3. The first-order valence-corrected chi connectivity index (χ1v) is 8.30. The Hall–Kier alpha value is -2.44. The van der Waals surface area contributed by atoms with Crippen molar-refractivity contribution in [1.82, 2.24) is 4.57 Å². The van der Waals surface area contributed by atoms with Gasteiger partial charge in [-0.3, -0.25) is 9.59 Å². The maximum atomic E-state index is 12.4. The summed E-state index contributed by atoms with van der Waals surface area (Å²) < 4.78 is 2.28. The molecular formula is C17H13ClN2O3S. The smallest absolute Gasteiger partial charge is 0.323 e. The third-order valence-corrected chi connectivity index (χ3v) is 4.71. The van der Waals surface area contributed by atoms with Crippen molar-refractivity contribution in [3.05, 3.63) is 63.4 Å². The molecule has 1 heterocycles. The Balaban J connectivity index is 2.14. The van der Waals surface area contributed by atoms with E-state index in [-0.39, 0.29) is 6.54 Å². The lowest BCUT2D eigenvalue weighted by atomic mass is 10.1. The molecule has 0 unspecified atom stereocenters. The van der Waals surface area contributed by atoms with E-state index in [4.69, 9.17) is 16.7 Å². The van der Waals surface area contributed by atoms with Gasteiger partial charge in [-0.05, 0) is 37.3 Å². The number of aliphatic carboxylic acids is 1. The SMILES string of the molecule is Cc1ccc(C(=O)/N=c2\sc3cc(Cl)ccc3n2CC(=O)O)cc1. The van der Waals surface area contributed by atoms with Gasteiger partial charge in [0.25, 0.3) is 5.91 Å². The molecule has 0 atom stereocenters. The summed E-state index contributed by atoms with van der Waals surface area (Å²) in [6, 6.07) is 12.2. The molecule has 0 saturated carbocycles. The van der Waals surface area contributed by atoms with E-state index in [1.807, 2.05) is 19.1 Å². The van der Waals surface area contributed by atoms with Gasteiger partial charge < -0.3 is 9.67 Å². The molecule has 3 rings (SSSR count). The Morgan fingerprint density at radius 3 is 2.58 bits per heavy atom. The molecule has 0 radical (unpaired) electrons. The highest BCUT2D eigenvalue weighted by Gasteiger charge is 2.12. The largest absolute Gasteiger partial charge is 0.480 e. The van der Waals surface area contributed by atoms with E-state index in [2.05, 4.69) is 4.99 Å². The molecule has 1 N–H and O–H groups in total. The van der Waals surface area contributed by atoms with Crippen LogP contribution in [-0.2, 0) is 11.3 Å². The van der Waals surface area contributed by atoms with Gasteiger partial charge in [0.05, 0.1) is 10.2 Å². The van der Waals surface area contributed by atoms with Crippen molar-refractivity contribution in [1.29, 1.82) is 0 Å². The minimum absolute atomic E-state index is 0.276. The molecule has 0 fully saturated rings. The fraction of sp³-hybridized carbons (Fsp3) is 0.118. The summed E-state index contributed by atoms with van der Waals surface area (Å²) in [5.74, 6) is -1.42. The van der Waals surface area contributed by atoms with E-state index in [0.717, 1.165) is 10.3 Å². The average molecular weight is 361 g/mol. The summed E-state index contributed by atoms with van der Waals surface area (Å²) in [5.41, 5.74) is 2.18. The maximum absolute atomic E-state index is 12.4. The lowest BCUT2D eigenvalue weighted by Gasteiger charge is -2.01. The quantitative estimate of drug-likeness (QED) is 0.777. The molecule has 7 heteroatoms. The van der Waals surface area contributed by atoms with Crippen molar-refractivity contribution in [2.45, 2.75) is 13.5 Å². The maximum Gasteiger partial charge on any atom is 0.323 e. The van der Waals surface area contributed by atoms with Crippen LogP contribution in [0.3, 0.4) is 0 Å². The predicted octanol–water partition coefficient (Wildman–Crippen LogP) is 3.49. The molecule has 1 aromatic heterocycles. The first kappa shape index (κ1) is 16.4. The number of amides is 1. The van der Waals surface area contributed by atoms with E-state index < -0.39 is 11.9 Å². The molecule has 5 nitrogen and oxygen atoms in total. The van der Waals surface area contributed by atoms with Crippen LogP contribution in [0, 0.1) is 6.92 Å². The summed E-state index contributed by atoms with van der Waals surface area (Å²) in [7, 11) is 0. The first-order valence-electron chi connectivity index (χ1n) is 7.10. The number of halogens is 1. The highest BCUT2D eigenvalue weighted by atomic mass is 35.5.